The van der Waals surface area contributed by atoms with Crippen LogP contribution in [0.1, 0.15) is 12.6 Å². The number of aromatic nitrogens is 2. The molecule has 0 radical (unpaired) electrons. The largest absolute Gasteiger partial charge is 0.388 e. The van der Waals surface area contributed by atoms with Crippen LogP contribution in [0.15, 0.2) is 34.9 Å². The van der Waals surface area contributed by atoms with E-state index in [0.717, 1.165) is 30.0 Å². The van der Waals surface area contributed by atoms with Gasteiger partial charge in [0.2, 0.25) is 0 Å². The van der Waals surface area contributed by atoms with Crippen molar-refractivity contribution in [3.05, 3.63) is 46.1 Å². The molecule has 3 heterocycles. The number of aryl methyl sites for hydroxylation is 1. The molecule has 1 aliphatic heterocycles. The third-order valence-corrected chi connectivity index (χ3v) is 3.69. The van der Waals surface area contributed by atoms with Crippen LogP contribution in [-0.4, -0.2) is 22.6 Å². The molecular formula is C15H15N5O. The molecule has 106 valence electrons. The molecule has 1 N–H and O–H groups in total. The molecule has 0 bridgehead atoms. The quantitative estimate of drug-likeness (QED) is 0.846. The van der Waals surface area contributed by atoms with Gasteiger partial charge in [-0.25, -0.2) is 4.98 Å². The summed E-state index contributed by atoms with van der Waals surface area (Å²) in [6.07, 6.45) is 1.92. The minimum absolute atomic E-state index is 0.0876. The second-order valence-electron chi connectivity index (χ2n) is 4.99. The molecule has 0 fully saturated rings. The Morgan fingerprint density at radius 1 is 1.43 bits per heavy atom. The highest BCUT2D eigenvalue weighted by atomic mass is 16.1. The highest BCUT2D eigenvalue weighted by molar-refractivity contribution is 5.89. The summed E-state index contributed by atoms with van der Waals surface area (Å²) in [4.78, 5) is 18.6. The van der Waals surface area contributed by atoms with Gasteiger partial charge in [0.15, 0.2) is 0 Å². The van der Waals surface area contributed by atoms with Crippen LogP contribution in [-0.2, 0) is 7.05 Å². The smallest absolute Gasteiger partial charge is 0.252 e. The maximum atomic E-state index is 12.2. The number of rotatable bonds is 1. The summed E-state index contributed by atoms with van der Waals surface area (Å²) < 4.78 is 1.55. The molecule has 1 aliphatic rings. The number of nitriles is 1. The Bertz CT molecular complexity index is 843. The molecule has 6 heteroatoms. The monoisotopic (exact) mass is 281 g/mol. The second-order valence-corrected chi connectivity index (χ2v) is 4.99. The maximum absolute atomic E-state index is 12.2. The van der Waals surface area contributed by atoms with Crippen LogP contribution < -0.4 is 15.8 Å². The molecule has 0 aliphatic carbocycles. The van der Waals surface area contributed by atoms with E-state index in [4.69, 9.17) is 5.26 Å². The Kier molecular flexibility index (Phi) is 3.10. The van der Waals surface area contributed by atoms with E-state index in [1.807, 2.05) is 18.0 Å². The van der Waals surface area contributed by atoms with Crippen LogP contribution in [0.4, 0.5) is 5.69 Å². The zero-order valence-electron chi connectivity index (χ0n) is 11.9. The van der Waals surface area contributed by atoms with Crippen LogP contribution in [0.2, 0.25) is 0 Å². The lowest BCUT2D eigenvalue weighted by atomic mass is 10.2. The second kappa shape index (κ2) is 4.94. The van der Waals surface area contributed by atoms with E-state index in [0.29, 0.717) is 11.2 Å². The number of hydrogen-bond acceptors (Lipinski definition) is 5. The summed E-state index contributed by atoms with van der Waals surface area (Å²) in [6.45, 7) is 3.53. The summed E-state index contributed by atoms with van der Waals surface area (Å²) in [5.41, 5.74) is 3.42. The van der Waals surface area contributed by atoms with Gasteiger partial charge in [-0.15, -0.1) is 0 Å². The first-order chi connectivity index (χ1) is 10.1. The molecule has 2 aromatic heterocycles. The molecule has 3 rings (SSSR count). The highest BCUT2D eigenvalue weighted by Crippen LogP contribution is 2.26. The Hall–Kier alpha value is -2.81. The van der Waals surface area contributed by atoms with Gasteiger partial charge in [-0.1, -0.05) is 0 Å². The Morgan fingerprint density at radius 3 is 2.95 bits per heavy atom. The van der Waals surface area contributed by atoms with E-state index in [1.54, 1.807) is 29.8 Å². The van der Waals surface area contributed by atoms with Gasteiger partial charge in [0.1, 0.15) is 17.3 Å². The van der Waals surface area contributed by atoms with Crippen LogP contribution >= 0.6 is 0 Å². The van der Waals surface area contributed by atoms with Crippen molar-refractivity contribution in [1.82, 2.24) is 14.9 Å². The van der Waals surface area contributed by atoms with Gasteiger partial charge in [-0.2, -0.15) is 5.26 Å². The van der Waals surface area contributed by atoms with Gasteiger partial charge >= 0.3 is 0 Å². The van der Waals surface area contributed by atoms with Crippen molar-refractivity contribution in [2.45, 2.75) is 6.92 Å². The highest BCUT2D eigenvalue weighted by Gasteiger charge is 2.18. The zero-order chi connectivity index (χ0) is 15.0. The predicted octanol–water partition coefficient (Wildman–Crippen LogP) is 1.08. The molecule has 0 unspecified atom stereocenters. The number of allylic oxidation sites excluding steroid dienone is 1. The van der Waals surface area contributed by atoms with E-state index < -0.39 is 0 Å². The van der Waals surface area contributed by atoms with E-state index in [1.165, 1.54) is 0 Å². The Morgan fingerprint density at radius 2 is 2.24 bits per heavy atom. The average Bonchev–Trinajstić information content (AvgIpc) is 2.51. The first-order valence-corrected chi connectivity index (χ1v) is 6.70. The van der Waals surface area contributed by atoms with Crippen molar-refractivity contribution in [3.8, 4) is 6.07 Å². The average molecular weight is 281 g/mol. The van der Waals surface area contributed by atoms with Crippen molar-refractivity contribution in [1.29, 1.82) is 5.26 Å². The number of fused-ring (bicyclic) bond motifs is 1. The lowest BCUT2D eigenvalue weighted by Crippen LogP contribution is -2.36. The lowest BCUT2D eigenvalue weighted by Gasteiger charge is -2.30. The standard InChI is InChI=1S/C15H15N5O/c1-10-9-17-5-6-20(10)13-7-14(21)19(2)12-4-3-11(8-16)18-15(12)13/h3-4,7,9,17H,5-6H2,1-2H3. The zero-order valence-corrected chi connectivity index (χ0v) is 11.9. The number of hydrogen-bond donors (Lipinski definition) is 1. The predicted molar refractivity (Wildman–Crippen MR) is 80.8 cm³/mol. The molecule has 0 spiro atoms. The topological polar surface area (TPSA) is 74.0 Å². The molecular weight excluding hydrogens is 266 g/mol. The van der Waals surface area contributed by atoms with E-state index in [9.17, 15) is 4.79 Å². The van der Waals surface area contributed by atoms with Crippen molar-refractivity contribution >= 4 is 16.7 Å². The minimum atomic E-state index is -0.0876. The van der Waals surface area contributed by atoms with Crippen molar-refractivity contribution in [3.63, 3.8) is 0 Å². The first kappa shape index (κ1) is 13.2. The summed E-state index contributed by atoms with van der Waals surface area (Å²) in [7, 11) is 1.71. The first-order valence-electron chi connectivity index (χ1n) is 6.70. The number of nitrogens with one attached hydrogen (secondary N) is 1. The fourth-order valence-electron chi connectivity index (χ4n) is 2.54. The number of pyridine rings is 2. The molecule has 0 atom stereocenters. The Labute approximate surface area is 121 Å². The third kappa shape index (κ3) is 2.13. The lowest BCUT2D eigenvalue weighted by molar-refractivity contribution is 0.744. The van der Waals surface area contributed by atoms with Crippen molar-refractivity contribution in [2.24, 2.45) is 7.05 Å². The van der Waals surface area contributed by atoms with Gasteiger partial charge in [0, 0.05) is 38.1 Å². The molecule has 0 amide bonds. The van der Waals surface area contributed by atoms with E-state index in [2.05, 4.69) is 16.4 Å². The summed E-state index contributed by atoms with van der Waals surface area (Å²) in [5.74, 6) is 0. The normalized spacial score (nSPS) is 14.5. The minimum Gasteiger partial charge on any atom is -0.388 e. The van der Waals surface area contributed by atoms with Crippen LogP contribution in [0.25, 0.3) is 11.0 Å². The van der Waals surface area contributed by atoms with Crippen LogP contribution in [0.3, 0.4) is 0 Å². The van der Waals surface area contributed by atoms with Crippen LogP contribution in [0.5, 0.6) is 0 Å². The molecule has 0 aromatic carbocycles. The van der Waals surface area contributed by atoms with E-state index >= 15 is 0 Å². The summed E-state index contributed by atoms with van der Waals surface area (Å²) in [6, 6.07) is 7.03. The SMILES string of the molecule is CC1=CNCCN1c1cc(=O)n(C)c2ccc(C#N)nc12. The summed E-state index contributed by atoms with van der Waals surface area (Å²) >= 11 is 0. The maximum Gasteiger partial charge on any atom is 0.252 e. The fourth-order valence-corrected chi connectivity index (χ4v) is 2.54. The molecule has 21 heavy (non-hydrogen) atoms. The Balaban J connectivity index is 2.33. The van der Waals surface area contributed by atoms with Gasteiger partial charge in [0.05, 0.1) is 11.2 Å². The van der Waals surface area contributed by atoms with Gasteiger partial charge in [-0.3, -0.25) is 4.79 Å². The molecule has 6 nitrogen and oxygen atoms in total. The van der Waals surface area contributed by atoms with Crippen molar-refractivity contribution in [2.75, 3.05) is 18.0 Å². The number of nitrogens with zero attached hydrogens (tertiary/aromatic N) is 4. The van der Waals surface area contributed by atoms with Gasteiger partial charge in [0.25, 0.3) is 5.56 Å². The summed E-state index contributed by atoms with van der Waals surface area (Å²) in [5, 5.41) is 12.2. The molecule has 2 aromatic rings. The molecule has 0 saturated heterocycles. The van der Waals surface area contributed by atoms with Gasteiger partial charge in [-0.05, 0) is 19.1 Å². The molecule has 0 saturated carbocycles. The fraction of sp³-hybridized carbons (Fsp3) is 0.267. The third-order valence-electron chi connectivity index (χ3n) is 3.69. The van der Waals surface area contributed by atoms with E-state index in [-0.39, 0.29) is 5.56 Å². The van der Waals surface area contributed by atoms with Crippen molar-refractivity contribution < 1.29 is 0 Å². The van der Waals surface area contributed by atoms with Gasteiger partial charge < -0.3 is 14.8 Å². The van der Waals surface area contributed by atoms with Crippen LogP contribution in [0, 0.1) is 11.3 Å². The number of anilines is 1.